The Morgan fingerprint density at radius 2 is 1.66 bits per heavy atom. The largest absolute Gasteiger partial charge is 0.457 e. The van der Waals surface area contributed by atoms with Crippen molar-refractivity contribution >= 4 is 17.2 Å². The van der Waals surface area contributed by atoms with Crippen molar-refractivity contribution in [3.63, 3.8) is 0 Å². The Bertz CT molecular complexity index is 950. The van der Waals surface area contributed by atoms with Crippen LogP contribution in [0.4, 0.5) is 0 Å². The maximum atomic E-state index is 13.4. The van der Waals surface area contributed by atoms with E-state index in [-0.39, 0.29) is 11.8 Å². The van der Waals surface area contributed by atoms with Crippen LogP contribution >= 0.6 is 11.3 Å². The number of carbonyl (C=O) groups excluding carboxylic acids is 1. The molecule has 3 aromatic rings. The van der Waals surface area contributed by atoms with Crippen LogP contribution in [0.15, 0.2) is 66.0 Å². The molecule has 5 rings (SSSR count). The fourth-order valence-corrected chi connectivity index (χ4v) is 5.50. The predicted molar refractivity (Wildman–Crippen MR) is 115 cm³/mol. The van der Waals surface area contributed by atoms with Crippen LogP contribution in [-0.4, -0.2) is 25.5 Å². The smallest absolute Gasteiger partial charge is 0.232 e. The SMILES string of the molecule is O=C(NC[C@@H](c1cccs1)[NH+]1CCCC1)C1c2ccccc2Oc2ccccc21. The van der Waals surface area contributed by atoms with Gasteiger partial charge in [-0.25, -0.2) is 0 Å². The van der Waals surface area contributed by atoms with E-state index in [1.807, 2.05) is 48.5 Å². The van der Waals surface area contributed by atoms with Crippen LogP contribution in [0.1, 0.15) is 40.8 Å². The van der Waals surface area contributed by atoms with Gasteiger partial charge in [-0.15, -0.1) is 11.3 Å². The Morgan fingerprint density at radius 1 is 1.00 bits per heavy atom. The molecule has 0 spiro atoms. The average molecular weight is 406 g/mol. The summed E-state index contributed by atoms with van der Waals surface area (Å²) in [5.41, 5.74) is 1.87. The lowest BCUT2D eigenvalue weighted by Crippen LogP contribution is -3.11. The van der Waals surface area contributed by atoms with Crippen LogP contribution in [-0.2, 0) is 4.79 Å². The molecule has 0 saturated carbocycles. The molecule has 1 atom stereocenters. The maximum absolute atomic E-state index is 13.4. The van der Waals surface area contributed by atoms with Gasteiger partial charge in [0.05, 0.1) is 30.4 Å². The second kappa shape index (κ2) is 8.01. The van der Waals surface area contributed by atoms with Crippen LogP contribution in [0.2, 0.25) is 0 Å². The number of para-hydroxylation sites is 2. The van der Waals surface area contributed by atoms with E-state index < -0.39 is 0 Å². The number of rotatable bonds is 5. The minimum Gasteiger partial charge on any atom is -0.457 e. The molecule has 1 amide bonds. The number of thiophene rings is 1. The van der Waals surface area contributed by atoms with Crippen LogP contribution in [0.5, 0.6) is 11.5 Å². The number of nitrogens with one attached hydrogen (secondary N) is 2. The highest BCUT2D eigenvalue weighted by molar-refractivity contribution is 7.10. The van der Waals surface area contributed by atoms with Gasteiger partial charge in [-0.3, -0.25) is 4.79 Å². The molecule has 1 fully saturated rings. The molecule has 2 aromatic carbocycles. The molecule has 0 bridgehead atoms. The van der Waals surface area contributed by atoms with Gasteiger partial charge in [0.25, 0.3) is 0 Å². The number of benzene rings is 2. The number of amides is 1. The monoisotopic (exact) mass is 405 g/mol. The highest BCUT2D eigenvalue weighted by Crippen LogP contribution is 2.43. The van der Waals surface area contributed by atoms with Crippen LogP contribution < -0.4 is 15.0 Å². The van der Waals surface area contributed by atoms with Crippen molar-refractivity contribution in [2.75, 3.05) is 19.6 Å². The first-order chi connectivity index (χ1) is 14.3. The van der Waals surface area contributed by atoms with Crippen molar-refractivity contribution in [2.45, 2.75) is 24.8 Å². The summed E-state index contributed by atoms with van der Waals surface area (Å²) in [6.45, 7) is 3.03. The number of ether oxygens (including phenoxy) is 1. The third kappa shape index (κ3) is 3.56. The second-order valence-corrected chi connectivity index (χ2v) is 8.77. The first kappa shape index (κ1) is 18.4. The normalized spacial score (nSPS) is 17.2. The molecule has 1 aromatic heterocycles. The van der Waals surface area contributed by atoms with E-state index in [0.29, 0.717) is 12.6 Å². The van der Waals surface area contributed by atoms with E-state index in [0.717, 1.165) is 22.6 Å². The van der Waals surface area contributed by atoms with Crippen molar-refractivity contribution in [1.29, 1.82) is 0 Å². The van der Waals surface area contributed by atoms with Gasteiger partial charge < -0.3 is 15.0 Å². The van der Waals surface area contributed by atoms with Gasteiger partial charge >= 0.3 is 0 Å². The van der Waals surface area contributed by atoms with Crippen molar-refractivity contribution in [2.24, 2.45) is 0 Å². The summed E-state index contributed by atoms with van der Waals surface area (Å²) in [5, 5.41) is 5.42. The first-order valence-corrected chi connectivity index (χ1v) is 11.2. The Hall–Kier alpha value is -2.63. The van der Waals surface area contributed by atoms with E-state index in [1.54, 1.807) is 16.2 Å². The highest BCUT2D eigenvalue weighted by Gasteiger charge is 2.34. The Morgan fingerprint density at radius 3 is 2.28 bits per heavy atom. The number of carbonyl (C=O) groups is 1. The molecule has 4 nitrogen and oxygen atoms in total. The second-order valence-electron chi connectivity index (χ2n) is 7.79. The number of hydrogen-bond acceptors (Lipinski definition) is 3. The molecule has 0 aliphatic carbocycles. The molecule has 0 unspecified atom stereocenters. The lowest BCUT2D eigenvalue weighted by atomic mass is 9.87. The van der Waals surface area contributed by atoms with Crippen LogP contribution in [0.25, 0.3) is 0 Å². The molecule has 148 valence electrons. The quantitative estimate of drug-likeness (QED) is 0.682. The molecule has 2 N–H and O–H groups in total. The fraction of sp³-hybridized carbons (Fsp3) is 0.292. The van der Waals surface area contributed by atoms with Crippen molar-refractivity contribution in [3.8, 4) is 11.5 Å². The van der Waals surface area contributed by atoms with Gasteiger partial charge in [0, 0.05) is 24.0 Å². The zero-order valence-corrected chi connectivity index (χ0v) is 17.1. The summed E-state index contributed by atoms with van der Waals surface area (Å²) in [6.07, 6.45) is 2.54. The van der Waals surface area contributed by atoms with Gasteiger partial charge in [-0.05, 0) is 23.6 Å². The Labute approximate surface area is 175 Å². The zero-order valence-electron chi connectivity index (χ0n) is 16.3. The van der Waals surface area contributed by atoms with Gasteiger partial charge in [0.15, 0.2) is 0 Å². The van der Waals surface area contributed by atoms with E-state index >= 15 is 0 Å². The fourth-order valence-electron chi connectivity index (χ4n) is 4.61. The van der Waals surface area contributed by atoms with E-state index in [1.165, 1.54) is 30.8 Å². The Balaban J connectivity index is 1.41. The zero-order chi connectivity index (χ0) is 19.6. The van der Waals surface area contributed by atoms with Crippen molar-refractivity contribution < 1.29 is 14.4 Å². The molecule has 0 radical (unpaired) electrons. The van der Waals surface area contributed by atoms with Gasteiger partial charge in [-0.1, -0.05) is 42.5 Å². The molecule has 1 saturated heterocycles. The lowest BCUT2D eigenvalue weighted by molar-refractivity contribution is -0.918. The minimum absolute atomic E-state index is 0.0494. The molecule has 5 heteroatoms. The summed E-state index contributed by atoms with van der Waals surface area (Å²) in [5.74, 6) is 1.25. The Kier molecular flexibility index (Phi) is 5.08. The van der Waals surface area contributed by atoms with E-state index in [2.05, 4.69) is 22.8 Å². The summed E-state index contributed by atoms with van der Waals surface area (Å²) in [7, 11) is 0. The van der Waals surface area contributed by atoms with E-state index in [4.69, 9.17) is 4.74 Å². The standard InChI is InChI=1S/C24H24N2O2S/c27-24(25-16-19(22-12-7-15-29-22)26-13-5-6-14-26)23-17-8-1-3-10-20(17)28-21-11-4-2-9-18(21)23/h1-4,7-12,15,19,23H,5-6,13-14,16H2,(H,25,27)/p+1/t19-/m0/s1. The highest BCUT2D eigenvalue weighted by atomic mass is 32.1. The number of fused-ring (bicyclic) bond motifs is 2. The third-order valence-electron chi connectivity index (χ3n) is 6.05. The summed E-state index contributed by atoms with van der Waals surface area (Å²) >= 11 is 1.79. The predicted octanol–water partition coefficient (Wildman–Crippen LogP) is 3.52. The summed E-state index contributed by atoms with van der Waals surface area (Å²) in [4.78, 5) is 16.4. The number of likely N-dealkylation sites (tertiary alicyclic amines) is 1. The topological polar surface area (TPSA) is 42.8 Å². The maximum Gasteiger partial charge on any atom is 0.232 e. The van der Waals surface area contributed by atoms with Gasteiger partial charge in [0.1, 0.15) is 17.5 Å². The van der Waals surface area contributed by atoms with Gasteiger partial charge in [-0.2, -0.15) is 0 Å². The molecule has 3 heterocycles. The number of quaternary nitrogens is 1. The lowest BCUT2D eigenvalue weighted by Gasteiger charge is -2.29. The molecule has 2 aliphatic heterocycles. The molecular formula is C24H25N2O2S+. The van der Waals surface area contributed by atoms with Crippen molar-refractivity contribution in [1.82, 2.24) is 5.32 Å². The molecule has 29 heavy (non-hydrogen) atoms. The third-order valence-corrected chi connectivity index (χ3v) is 7.03. The minimum atomic E-state index is -0.339. The van der Waals surface area contributed by atoms with Gasteiger partial charge in [0.2, 0.25) is 5.91 Å². The summed E-state index contributed by atoms with van der Waals surface area (Å²) < 4.78 is 6.04. The first-order valence-electron chi connectivity index (χ1n) is 10.3. The van der Waals surface area contributed by atoms with Crippen LogP contribution in [0.3, 0.4) is 0 Å². The van der Waals surface area contributed by atoms with Crippen molar-refractivity contribution in [3.05, 3.63) is 82.0 Å². The number of hydrogen-bond donors (Lipinski definition) is 2. The van der Waals surface area contributed by atoms with E-state index in [9.17, 15) is 4.79 Å². The molecular weight excluding hydrogens is 380 g/mol. The molecule has 2 aliphatic rings. The summed E-state index contributed by atoms with van der Waals surface area (Å²) in [6, 6.07) is 20.3. The average Bonchev–Trinajstić information content (AvgIpc) is 3.47. The van der Waals surface area contributed by atoms with Crippen LogP contribution in [0, 0.1) is 0 Å².